The number of rotatable bonds is 5. The Morgan fingerprint density at radius 3 is 2.70 bits per heavy atom. The summed E-state index contributed by atoms with van der Waals surface area (Å²) < 4.78 is 10.7. The number of hydrogen-bond acceptors (Lipinski definition) is 6. The molecule has 1 aromatic carbocycles. The van der Waals surface area contributed by atoms with Crippen molar-refractivity contribution < 1.29 is 9.47 Å². The maximum Gasteiger partial charge on any atom is 0.139 e. The molecule has 2 rings (SSSR count). The first kappa shape index (κ1) is 13.6. The molecule has 0 radical (unpaired) electrons. The highest BCUT2D eigenvalue weighted by Crippen LogP contribution is 2.23. The lowest BCUT2D eigenvalue weighted by Gasteiger charge is -2.09. The standard InChI is InChI=1S/C14H14N4O2/c1-19-12-4-11(7-15)5-13(6-12)20-9-10-2-3-14(18-16)17-8-10/h2-6,8H,9,16H2,1H3,(H,17,18). The molecule has 0 unspecified atom stereocenters. The summed E-state index contributed by atoms with van der Waals surface area (Å²) in [6.45, 7) is 0.343. The number of methoxy groups -OCH3 is 1. The van der Waals surface area contributed by atoms with Gasteiger partial charge < -0.3 is 14.9 Å². The summed E-state index contributed by atoms with van der Waals surface area (Å²) in [5.74, 6) is 6.98. The van der Waals surface area contributed by atoms with E-state index in [-0.39, 0.29) is 0 Å². The largest absolute Gasteiger partial charge is 0.497 e. The first-order valence-electron chi connectivity index (χ1n) is 5.88. The normalized spacial score (nSPS) is 9.65. The van der Waals surface area contributed by atoms with Gasteiger partial charge >= 0.3 is 0 Å². The third kappa shape index (κ3) is 3.37. The molecule has 6 nitrogen and oxygen atoms in total. The SMILES string of the molecule is COc1cc(C#N)cc(OCc2ccc(NN)nc2)c1. The van der Waals surface area contributed by atoms with E-state index >= 15 is 0 Å². The van der Waals surface area contributed by atoms with Crippen molar-refractivity contribution in [3.63, 3.8) is 0 Å². The van der Waals surface area contributed by atoms with E-state index in [0.29, 0.717) is 29.5 Å². The van der Waals surface area contributed by atoms with Crippen LogP contribution in [0, 0.1) is 11.3 Å². The molecule has 2 aromatic rings. The van der Waals surface area contributed by atoms with Gasteiger partial charge in [0.15, 0.2) is 0 Å². The molecule has 0 spiro atoms. The van der Waals surface area contributed by atoms with Crippen molar-refractivity contribution in [3.8, 4) is 17.6 Å². The molecule has 0 bridgehead atoms. The van der Waals surface area contributed by atoms with Crippen LogP contribution < -0.4 is 20.7 Å². The van der Waals surface area contributed by atoms with Gasteiger partial charge in [0.2, 0.25) is 0 Å². The average Bonchev–Trinajstić information content (AvgIpc) is 2.53. The molecule has 102 valence electrons. The number of nitriles is 1. The van der Waals surface area contributed by atoms with Gasteiger partial charge in [-0.3, -0.25) is 0 Å². The van der Waals surface area contributed by atoms with Crippen molar-refractivity contribution >= 4 is 5.82 Å². The van der Waals surface area contributed by atoms with E-state index in [0.717, 1.165) is 5.56 Å². The molecule has 3 N–H and O–H groups in total. The number of nitrogens with zero attached hydrogens (tertiary/aromatic N) is 2. The molecule has 1 aromatic heterocycles. The monoisotopic (exact) mass is 270 g/mol. The number of aromatic nitrogens is 1. The molecule has 0 saturated carbocycles. The van der Waals surface area contributed by atoms with Crippen molar-refractivity contribution in [1.29, 1.82) is 5.26 Å². The molecule has 0 fully saturated rings. The molecule has 20 heavy (non-hydrogen) atoms. The Kier molecular flexibility index (Phi) is 4.37. The summed E-state index contributed by atoms with van der Waals surface area (Å²) in [5.41, 5.74) is 3.83. The first-order valence-corrected chi connectivity index (χ1v) is 5.88. The third-order valence-electron chi connectivity index (χ3n) is 2.62. The number of hydrazine groups is 1. The van der Waals surface area contributed by atoms with E-state index < -0.39 is 0 Å². The number of benzene rings is 1. The summed E-state index contributed by atoms with van der Waals surface area (Å²) >= 11 is 0. The summed E-state index contributed by atoms with van der Waals surface area (Å²) in [5, 5.41) is 8.94. The van der Waals surface area contributed by atoms with Crippen molar-refractivity contribution in [2.45, 2.75) is 6.61 Å². The average molecular weight is 270 g/mol. The van der Waals surface area contributed by atoms with Crippen LogP contribution in [0.5, 0.6) is 11.5 Å². The number of anilines is 1. The Morgan fingerprint density at radius 1 is 1.30 bits per heavy atom. The molecule has 0 aliphatic rings. The number of hydrogen-bond donors (Lipinski definition) is 2. The van der Waals surface area contributed by atoms with Crippen LogP contribution in [0.15, 0.2) is 36.5 Å². The zero-order valence-electron chi connectivity index (χ0n) is 11.0. The minimum atomic E-state index is 0.343. The topological polar surface area (TPSA) is 93.2 Å². The zero-order chi connectivity index (χ0) is 14.4. The van der Waals surface area contributed by atoms with Gasteiger partial charge in [0.25, 0.3) is 0 Å². The van der Waals surface area contributed by atoms with Crippen LogP contribution in [0.2, 0.25) is 0 Å². The highest BCUT2D eigenvalue weighted by Gasteiger charge is 2.03. The Bertz CT molecular complexity index is 620. The van der Waals surface area contributed by atoms with Gasteiger partial charge in [0, 0.05) is 17.8 Å². The van der Waals surface area contributed by atoms with E-state index in [2.05, 4.69) is 16.5 Å². The van der Waals surface area contributed by atoms with Crippen LogP contribution in [0.1, 0.15) is 11.1 Å². The fourth-order valence-corrected chi connectivity index (χ4v) is 1.60. The minimum absolute atomic E-state index is 0.343. The second-order valence-corrected chi connectivity index (χ2v) is 3.99. The van der Waals surface area contributed by atoms with Gasteiger partial charge in [-0.1, -0.05) is 6.07 Å². The number of nitrogens with one attached hydrogen (secondary N) is 1. The Balaban J connectivity index is 2.08. The molecule has 6 heteroatoms. The number of ether oxygens (including phenoxy) is 2. The molecule has 0 saturated heterocycles. The number of nitrogen functional groups attached to an aromatic ring is 1. The Hall–Kier alpha value is -2.78. The van der Waals surface area contributed by atoms with Gasteiger partial charge in [-0.2, -0.15) is 5.26 Å². The summed E-state index contributed by atoms with van der Waals surface area (Å²) in [6, 6.07) is 10.7. The summed E-state index contributed by atoms with van der Waals surface area (Å²) in [4.78, 5) is 4.08. The van der Waals surface area contributed by atoms with Crippen LogP contribution in [0.4, 0.5) is 5.82 Å². The maximum absolute atomic E-state index is 8.94. The molecule has 0 aliphatic heterocycles. The highest BCUT2D eigenvalue weighted by atomic mass is 16.5. The second-order valence-electron chi connectivity index (χ2n) is 3.99. The minimum Gasteiger partial charge on any atom is -0.497 e. The van der Waals surface area contributed by atoms with Crippen LogP contribution in [0.3, 0.4) is 0 Å². The number of nitrogens with two attached hydrogens (primary N) is 1. The second kappa shape index (κ2) is 6.41. The molecule has 0 atom stereocenters. The first-order chi connectivity index (χ1) is 9.75. The molecule has 0 aliphatic carbocycles. The fraction of sp³-hybridized carbons (Fsp3) is 0.143. The van der Waals surface area contributed by atoms with Crippen LogP contribution in [-0.4, -0.2) is 12.1 Å². The number of pyridine rings is 1. The van der Waals surface area contributed by atoms with Gasteiger partial charge in [0.1, 0.15) is 23.9 Å². The fourth-order valence-electron chi connectivity index (χ4n) is 1.60. The quantitative estimate of drug-likeness (QED) is 0.636. The van der Waals surface area contributed by atoms with Crippen molar-refractivity contribution in [2.24, 2.45) is 5.84 Å². The molecular weight excluding hydrogens is 256 g/mol. The van der Waals surface area contributed by atoms with Crippen LogP contribution in [-0.2, 0) is 6.61 Å². The molecule has 0 amide bonds. The van der Waals surface area contributed by atoms with E-state index in [1.165, 1.54) is 0 Å². The van der Waals surface area contributed by atoms with Crippen molar-refractivity contribution in [3.05, 3.63) is 47.7 Å². The predicted octanol–water partition coefficient (Wildman–Crippen LogP) is 1.83. The van der Waals surface area contributed by atoms with Crippen LogP contribution >= 0.6 is 0 Å². The van der Waals surface area contributed by atoms with E-state index in [1.807, 2.05) is 6.07 Å². The van der Waals surface area contributed by atoms with Gasteiger partial charge in [-0.15, -0.1) is 0 Å². The lowest BCUT2D eigenvalue weighted by molar-refractivity contribution is 0.303. The zero-order valence-corrected chi connectivity index (χ0v) is 11.0. The molecular formula is C14H14N4O2. The lowest BCUT2D eigenvalue weighted by atomic mass is 10.2. The van der Waals surface area contributed by atoms with E-state index in [9.17, 15) is 0 Å². The van der Waals surface area contributed by atoms with Gasteiger partial charge in [0.05, 0.1) is 18.7 Å². The van der Waals surface area contributed by atoms with Crippen molar-refractivity contribution in [2.75, 3.05) is 12.5 Å². The van der Waals surface area contributed by atoms with Crippen molar-refractivity contribution in [1.82, 2.24) is 4.98 Å². The smallest absolute Gasteiger partial charge is 0.139 e. The van der Waals surface area contributed by atoms with Crippen LogP contribution in [0.25, 0.3) is 0 Å². The maximum atomic E-state index is 8.94. The summed E-state index contributed by atoms with van der Waals surface area (Å²) in [7, 11) is 1.54. The lowest BCUT2D eigenvalue weighted by Crippen LogP contribution is -2.08. The summed E-state index contributed by atoms with van der Waals surface area (Å²) in [6.07, 6.45) is 1.67. The predicted molar refractivity (Wildman–Crippen MR) is 74.1 cm³/mol. The van der Waals surface area contributed by atoms with E-state index in [4.69, 9.17) is 20.6 Å². The van der Waals surface area contributed by atoms with Gasteiger partial charge in [-0.25, -0.2) is 10.8 Å². The van der Waals surface area contributed by atoms with E-state index in [1.54, 1.807) is 37.6 Å². The highest BCUT2D eigenvalue weighted by molar-refractivity contribution is 5.44. The molecule has 1 heterocycles. The third-order valence-corrected chi connectivity index (χ3v) is 2.62. The Labute approximate surface area is 116 Å². The Morgan fingerprint density at radius 2 is 2.10 bits per heavy atom. The van der Waals surface area contributed by atoms with Gasteiger partial charge in [-0.05, 0) is 18.2 Å².